The van der Waals surface area contributed by atoms with E-state index in [-0.39, 0.29) is 6.29 Å². The fourth-order valence-electron chi connectivity index (χ4n) is 2.43. The fourth-order valence-corrected chi connectivity index (χ4v) is 2.43. The quantitative estimate of drug-likeness (QED) is 0.743. The Kier molecular flexibility index (Phi) is 4.99. The first-order valence-corrected chi connectivity index (χ1v) is 7.11. The Balaban J connectivity index is 2.56. The van der Waals surface area contributed by atoms with Crippen molar-refractivity contribution in [3.63, 3.8) is 0 Å². The summed E-state index contributed by atoms with van der Waals surface area (Å²) in [5.74, 6) is 0. The molecular weight excluding hydrogens is 250 g/mol. The molecular formula is C17H23NO2. The summed E-state index contributed by atoms with van der Waals surface area (Å²) < 4.78 is 11.5. The van der Waals surface area contributed by atoms with Gasteiger partial charge in [-0.3, -0.25) is 0 Å². The molecule has 0 bridgehead atoms. The van der Waals surface area contributed by atoms with Crippen molar-refractivity contribution in [2.75, 3.05) is 32.2 Å². The molecule has 0 saturated carbocycles. The summed E-state index contributed by atoms with van der Waals surface area (Å²) in [5.41, 5.74) is 2.30. The number of rotatable bonds is 6. The molecule has 0 saturated heterocycles. The van der Waals surface area contributed by atoms with Gasteiger partial charge in [0.2, 0.25) is 0 Å². The molecule has 108 valence electrons. The summed E-state index contributed by atoms with van der Waals surface area (Å²) in [6, 6.07) is 12.6. The Morgan fingerprint density at radius 3 is 2.05 bits per heavy atom. The van der Waals surface area contributed by atoms with Crippen LogP contribution in [0.2, 0.25) is 0 Å². The second-order valence-corrected chi connectivity index (χ2v) is 4.86. The van der Waals surface area contributed by atoms with Crippen LogP contribution in [0.25, 0.3) is 10.8 Å². The van der Waals surface area contributed by atoms with Crippen molar-refractivity contribution in [3.8, 4) is 0 Å². The van der Waals surface area contributed by atoms with Gasteiger partial charge in [-0.1, -0.05) is 30.3 Å². The van der Waals surface area contributed by atoms with Gasteiger partial charge in [0.05, 0.1) is 0 Å². The van der Waals surface area contributed by atoms with Crippen LogP contribution < -0.4 is 4.90 Å². The monoisotopic (exact) mass is 273 g/mol. The Morgan fingerprint density at radius 1 is 0.900 bits per heavy atom. The van der Waals surface area contributed by atoms with Gasteiger partial charge in [0, 0.05) is 43.9 Å². The molecule has 3 heteroatoms. The van der Waals surface area contributed by atoms with E-state index >= 15 is 0 Å². The Morgan fingerprint density at radius 2 is 1.50 bits per heavy atom. The summed E-state index contributed by atoms with van der Waals surface area (Å²) in [6.45, 7) is 5.24. The zero-order valence-electron chi connectivity index (χ0n) is 12.7. The van der Waals surface area contributed by atoms with E-state index < -0.39 is 0 Å². The number of ether oxygens (including phenoxy) is 2. The second kappa shape index (κ2) is 6.73. The number of anilines is 1. The molecule has 0 amide bonds. The van der Waals surface area contributed by atoms with E-state index in [4.69, 9.17) is 9.47 Å². The predicted octanol–water partition coefficient (Wildman–Crippen LogP) is 3.98. The van der Waals surface area contributed by atoms with Gasteiger partial charge < -0.3 is 14.4 Å². The van der Waals surface area contributed by atoms with Gasteiger partial charge in [-0.25, -0.2) is 0 Å². The summed E-state index contributed by atoms with van der Waals surface area (Å²) in [4.78, 5) is 2.13. The zero-order chi connectivity index (χ0) is 14.5. The van der Waals surface area contributed by atoms with Crippen molar-refractivity contribution in [1.82, 2.24) is 0 Å². The lowest BCUT2D eigenvalue weighted by Crippen LogP contribution is -2.12. The van der Waals surface area contributed by atoms with Crippen molar-refractivity contribution in [2.45, 2.75) is 20.1 Å². The molecule has 2 aromatic rings. The third-order valence-corrected chi connectivity index (χ3v) is 3.31. The van der Waals surface area contributed by atoms with E-state index in [2.05, 4.69) is 55.4 Å². The van der Waals surface area contributed by atoms with Crippen molar-refractivity contribution < 1.29 is 9.47 Å². The van der Waals surface area contributed by atoms with Crippen LogP contribution in [0.15, 0.2) is 36.4 Å². The Bertz CT molecular complexity index is 560. The summed E-state index contributed by atoms with van der Waals surface area (Å²) >= 11 is 0. The maximum absolute atomic E-state index is 5.74. The van der Waals surface area contributed by atoms with E-state index in [1.807, 2.05) is 13.8 Å². The topological polar surface area (TPSA) is 21.7 Å². The Labute approximate surface area is 121 Å². The van der Waals surface area contributed by atoms with Crippen LogP contribution >= 0.6 is 0 Å². The summed E-state index contributed by atoms with van der Waals surface area (Å²) in [6.07, 6.45) is -0.300. The van der Waals surface area contributed by atoms with E-state index in [9.17, 15) is 0 Å². The van der Waals surface area contributed by atoms with Crippen molar-refractivity contribution >= 4 is 16.5 Å². The molecule has 2 aromatic carbocycles. The van der Waals surface area contributed by atoms with Gasteiger partial charge in [0.1, 0.15) is 0 Å². The van der Waals surface area contributed by atoms with Crippen LogP contribution in [0.5, 0.6) is 0 Å². The van der Waals surface area contributed by atoms with Crippen molar-refractivity contribution in [3.05, 3.63) is 42.0 Å². The molecule has 20 heavy (non-hydrogen) atoms. The number of fused-ring (bicyclic) bond motifs is 1. The maximum Gasteiger partial charge on any atom is 0.184 e. The largest absolute Gasteiger partial charge is 0.377 e. The summed E-state index contributed by atoms with van der Waals surface area (Å²) in [5, 5.41) is 2.41. The minimum absolute atomic E-state index is 0.300. The smallest absolute Gasteiger partial charge is 0.184 e. The molecule has 0 fully saturated rings. The van der Waals surface area contributed by atoms with Gasteiger partial charge in [0.15, 0.2) is 6.29 Å². The maximum atomic E-state index is 5.74. The molecule has 0 radical (unpaired) electrons. The van der Waals surface area contributed by atoms with Crippen LogP contribution in [0.4, 0.5) is 5.69 Å². The number of hydrogen-bond donors (Lipinski definition) is 0. The first kappa shape index (κ1) is 14.8. The minimum Gasteiger partial charge on any atom is -0.377 e. The average Bonchev–Trinajstić information content (AvgIpc) is 2.45. The standard InChI is InChI=1S/C17H23NO2/c1-5-19-17(20-6-2)15-11-12-16(18(3)4)14-10-8-7-9-13(14)15/h7-12,17H,5-6H2,1-4H3. The highest BCUT2D eigenvalue weighted by Gasteiger charge is 2.16. The molecule has 0 N–H and O–H groups in total. The van der Waals surface area contributed by atoms with Crippen molar-refractivity contribution in [2.24, 2.45) is 0 Å². The van der Waals surface area contributed by atoms with Crippen LogP contribution in [0.3, 0.4) is 0 Å². The second-order valence-electron chi connectivity index (χ2n) is 4.86. The van der Waals surface area contributed by atoms with E-state index in [0.29, 0.717) is 13.2 Å². The van der Waals surface area contributed by atoms with E-state index in [1.54, 1.807) is 0 Å². The van der Waals surface area contributed by atoms with Crippen LogP contribution in [0, 0.1) is 0 Å². The molecule has 0 unspecified atom stereocenters. The predicted molar refractivity (Wildman–Crippen MR) is 84.3 cm³/mol. The Hall–Kier alpha value is -1.58. The fraction of sp³-hybridized carbons (Fsp3) is 0.412. The summed E-state index contributed by atoms with van der Waals surface area (Å²) in [7, 11) is 4.12. The number of nitrogens with zero attached hydrogens (tertiary/aromatic N) is 1. The van der Waals surface area contributed by atoms with E-state index in [0.717, 1.165) is 5.56 Å². The molecule has 0 heterocycles. The van der Waals surface area contributed by atoms with Gasteiger partial charge >= 0.3 is 0 Å². The van der Waals surface area contributed by atoms with E-state index in [1.165, 1.54) is 16.5 Å². The molecule has 0 atom stereocenters. The van der Waals surface area contributed by atoms with Gasteiger partial charge in [-0.15, -0.1) is 0 Å². The highest BCUT2D eigenvalue weighted by molar-refractivity contribution is 5.96. The first-order chi connectivity index (χ1) is 9.69. The lowest BCUT2D eigenvalue weighted by atomic mass is 10.0. The van der Waals surface area contributed by atoms with Gasteiger partial charge in [0.25, 0.3) is 0 Å². The molecule has 2 rings (SSSR count). The minimum atomic E-state index is -0.300. The third kappa shape index (κ3) is 2.94. The normalized spacial score (nSPS) is 11.2. The van der Waals surface area contributed by atoms with Crippen LogP contribution in [0.1, 0.15) is 25.7 Å². The van der Waals surface area contributed by atoms with Crippen molar-refractivity contribution in [1.29, 1.82) is 0 Å². The number of hydrogen-bond acceptors (Lipinski definition) is 3. The first-order valence-electron chi connectivity index (χ1n) is 7.11. The molecule has 3 nitrogen and oxygen atoms in total. The SMILES string of the molecule is CCOC(OCC)c1ccc(N(C)C)c2ccccc12. The number of benzene rings is 2. The third-order valence-electron chi connectivity index (χ3n) is 3.31. The molecule has 0 aliphatic rings. The molecule has 0 aliphatic heterocycles. The van der Waals surface area contributed by atoms with Gasteiger partial charge in [-0.2, -0.15) is 0 Å². The highest BCUT2D eigenvalue weighted by atomic mass is 16.7. The molecule has 0 aliphatic carbocycles. The van der Waals surface area contributed by atoms with Crippen LogP contribution in [-0.4, -0.2) is 27.3 Å². The molecule has 0 spiro atoms. The lowest BCUT2D eigenvalue weighted by Gasteiger charge is -2.22. The molecule has 0 aromatic heterocycles. The average molecular weight is 273 g/mol. The van der Waals surface area contributed by atoms with Crippen LogP contribution in [-0.2, 0) is 9.47 Å². The lowest BCUT2D eigenvalue weighted by molar-refractivity contribution is -0.139. The van der Waals surface area contributed by atoms with Gasteiger partial charge in [-0.05, 0) is 25.3 Å². The zero-order valence-corrected chi connectivity index (χ0v) is 12.7. The highest BCUT2D eigenvalue weighted by Crippen LogP contribution is 2.33.